The molecule has 0 radical (unpaired) electrons. The van der Waals surface area contributed by atoms with Crippen LogP contribution in [0.5, 0.6) is 0 Å². The smallest absolute Gasteiger partial charge is 0.274 e. The maximum Gasteiger partial charge on any atom is 0.274 e. The third-order valence-corrected chi connectivity index (χ3v) is 3.99. The van der Waals surface area contributed by atoms with E-state index in [9.17, 15) is 9.18 Å². The molecule has 1 heterocycles. The summed E-state index contributed by atoms with van der Waals surface area (Å²) in [6.45, 7) is 1.93. The van der Waals surface area contributed by atoms with E-state index in [-0.39, 0.29) is 11.4 Å². The maximum absolute atomic E-state index is 13.6. The van der Waals surface area contributed by atoms with Crippen LogP contribution in [0.2, 0.25) is 5.02 Å². The first-order valence-corrected chi connectivity index (χ1v) is 7.96. The van der Waals surface area contributed by atoms with E-state index in [0.29, 0.717) is 10.7 Å². The highest BCUT2D eigenvalue weighted by Gasteiger charge is 2.10. The lowest BCUT2D eigenvalue weighted by Gasteiger charge is -2.09. The summed E-state index contributed by atoms with van der Waals surface area (Å²) in [5.41, 5.74) is 2.83. The quantitative estimate of drug-likeness (QED) is 0.678. The number of carbonyl (C=O) groups is 1. The Morgan fingerprint density at radius 3 is 2.52 bits per heavy atom. The molecule has 0 bridgehead atoms. The van der Waals surface area contributed by atoms with Gasteiger partial charge in [-0.15, -0.1) is 0 Å². The number of nitrogens with zero attached hydrogens (tertiary/aromatic N) is 1. The number of aromatic nitrogens is 1. The van der Waals surface area contributed by atoms with Crippen LogP contribution in [-0.2, 0) is 0 Å². The van der Waals surface area contributed by atoms with E-state index in [1.54, 1.807) is 24.3 Å². The minimum absolute atomic E-state index is 0.116. The summed E-state index contributed by atoms with van der Waals surface area (Å²) in [5, 5.41) is 6.32. The number of nitrogens with one attached hydrogen (secondary N) is 2. The fourth-order valence-corrected chi connectivity index (χ4v) is 2.37. The van der Waals surface area contributed by atoms with Crippen molar-refractivity contribution in [1.29, 1.82) is 0 Å². The lowest BCUT2D eigenvalue weighted by atomic mass is 10.2. The standard InChI is InChI=1S/C19H15ClFN3O/c1-12-6-7-13(10-15(12)20)23-14-8-9-18(22-11-14)19(25)24-17-5-3-2-4-16(17)21/h2-11,23H,1H3,(H,24,25). The van der Waals surface area contributed by atoms with Crippen LogP contribution in [0.15, 0.2) is 60.8 Å². The Balaban J connectivity index is 1.70. The number of amides is 1. The number of benzene rings is 2. The molecule has 126 valence electrons. The molecule has 0 aliphatic carbocycles. The maximum atomic E-state index is 13.6. The van der Waals surface area contributed by atoms with Crippen molar-refractivity contribution in [2.45, 2.75) is 6.92 Å². The second kappa shape index (κ2) is 7.32. The highest BCUT2D eigenvalue weighted by molar-refractivity contribution is 6.31. The predicted octanol–water partition coefficient (Wildman–Crippen LogP) is 5.18. The van der Waals surface area contributed by atoms with Crippen molar-refractivity contribution in [3.63, 3.8) is 0 Å². The van der Waals surface area contributed by atoms with Gasteiger partial charge in [-0.3, -0.25) is 4.79 Å². The van der Waals surface area contributed by atoms with E-state index in [1.807, 2.05) is 25.1 Å². The molecule has 0 aliphatic rings. The summed E-state index contributed by atoms with van der Waals surface area (Å²) < 4.78 is 13.6. The molecule has 0 fully saturated rings. The number of anilines is 3. The molecular formula is C19H15ClFN3O. The molecule has 2 aromatic carbocycles. The molecule has 1 aromatic heterocycles. The largest absolute Gasteiger partial charge is 0.354 e. The zero-order chi connectivity index (χ0) is 17.8. The number of carbonyl (C=O) groups excluding carboxylic acids is 1. The zero-order valence-corrected chi connectivity index (χ0v) is 14.1. The average molecular weight is 356 g/mol. The number of rotatable bonds is 4. The van der Waals surface area contributed by atoms with Gasteiger partial charge in [-0.25, -0.2) is 9.37 Å². The molecule has 0 atom stereocenters. The van der Waals surface area contributed by atoms with E-state index in [1.165, 1.54) is 18.3 Å². The van der Waals surface area contributed by atoms with Crippen molar-refractivity contribution >= 4 is 34.6 Å². The van der Waals surface area contributed by atoms with Crippen molar-refractivity contribution in [1.82, 2.24) is 4.98 Å². The Kier molecular flexibility index (Phi) is 4.95. The number of pyridine rings is 1. The lowest BCUT2D eigenvalue weighted by Crippen LogP contribution is -2.14. The Bertz CT molecular complexity index is 913. The molecule has 0 saturated carbocycles. The second-order valence-electron chi connectivity index (χ2n) is 5.46. The Morgan fingerprint density at radius 2 is 1.84 bits per heavy atom. The molecule has 0 aliphatic heterocycles. The van der Waals surface area contributed by atoms with Crippen LogP contribution in [0.25, 0.3) is 0 Å². The van der Waals surface area contributed by atoms with E-state index in [4.69, 9.17) is 11.6 Å². The molecule has 1 amide bonds. The number of hydrogen-bond donors (Lipinski definition) is 2. The molecule has 0 unspecified atom stereocenters. The van der Waals surface area contributed by atoms with Crippen molar-refractivity contribution in [3.8, 4) is 0 Å². The zero-order valence-electron chi connectivity index (χ0n) is 13.4. The molecular weight excluding hydrogens is 341 g/mol. The molecule has 3 aromatic rings. The van der Waals surface area contributed by atoms with Gasteiger partial charge in [0, 0.05) is 10.7 Å². The fraction of sp³-hybridized carbons (Fsp3) is 0.0526. The molecule has 0 saturated heterocycles. The normalized spacial score (nSPS) is 10.4. The van der Waals surface area contributed by atoms with Gasteiger partial charge in [-0.2, -0.15) is 0 Å². The highest BCUT2D eigenvalue weighted by Crippen LogP contribution is 2.23. The van der Waals surface area contributed by atoms with Crippen LogP contribution in [-0.4, -0.2) is 10.9 Å². The molecule has 4 nitrogen and oxygen atoms in total. The van der Waals surface area contributed by atoms with Crippen LogP contribution in [0.4, 0.5) is 21.5 Å². The van der Waals surface area contributed by atoms with E-state index in [2.05, 4.69) is 15.6 Å². The van der Waals surface area contributed by atoms with Gasteiger partial charge in [-0.05, 0) is 48.9 Å². The van der Waals surface area contributed by atoms with Crippen LogP contribution < -0.4 is 10.6 Å². The Morgan fingerprint density at radius 1 is 1.08 bits per heavy atom. The topological polar surface area (TPSA) is 54.0 Å². The van der Waals surface area contributed by atoms with Crippen LogP contribution in [0.3, 0.4) is 0 Å². The summed E-state index contributed by atoms with van der Waals surface area (Å²) in [5.74, 6) is -0.972. The summed E-state index contributed by atoms with van der Waals surface area (Å²) in [6.07, 6.45) is 1.53. The predicted molar refractivity (Wildman–Crippen MR) is 98.1 cm³/mol. The van der Waals surface area contributed by atoms with E-state index in [0.717, 1.165) is 11.3 Å². The van der Waals surface area contributed by atoms with Crippen molar-refractivity contribution in [2.75, 3.05) is 10.6 Å². The number of halogens is 2. The monoisotopic (exact) mass is 355 g/mol. The number of hydrogen-bond acceptors (Lipinski definition) is 3. The Hall–Kier alpha value is -2.92. The van der Waals surface area contributed by atoms with Crippen molar-refractivity contribution in [3.05, 3.63) is 82.9 Å². The lowest BCUT2D eigenvalue weighted by molar-refractivity contribution is 0.102. The molecule has 6 heteroatoms. The van der Waals surface area contributed by atoms with Crippen molar-refractivity contribution in [2.24, 2.45) is 0 Å². The SMILES string of the molecule is Cc1ccc(Nc2ccc(C(=O)Nc3ccccc3F)nc2)cc1Cl. The fourth-order valence-electron chi connectivity index (χ4n) is 2.19. The highest BCUT2D eigenvalue weighted by atomic mass is 35.5. The summed E-state index contributed by atoms with van der Waals surface area (Å²) in [7, 11) is 0. The second-order valence-corrected chi connectivity index (χ2v) is 5.86. The van der Waals surface area contributed by atoms with Crippen molar-refractivity contribution < 1.29 is 9.18 Å². The van der Waals surface area contributed by atoms with E-state index < -0.39 is 11.7 Å². The Labute approximate surface area is 149 Å². The minimum Gasteiger partial charge on any atom is -0.354 e. The van der Waals surface area contributed by atoms with Gasteiger partial charge < -0.3 is 10.6 Å². The summed E-state index contributed by atoms with van der Waals surface area (Å²) in [4.78, 5) is 16.3. The third kappa shape index (κ3) is 4.14. The van der Waals surface area contributed by atoms with Gasteiger partial charge in [0.05, 0.1) is 17.6 Å². The first kappa shape index (κ1) is 16.9. The minimum atomic E-state index is -0.495. The van der Waals surface area contributed by atoms with Gasteiger partial charge >= 0.3 is 0 Å². The molecule has 2 N–H and O–H groups in total. The number of aryl methyl sites for hydroxylation is 1. The average Bonchev–Trinajstić information content (AvgIpc) is 2.61. The molecule has 3 rings (SSSR count). The first-order valence-electron chi connectivity index (χ1n) is 7.58. The summed E-state index contributed by atoms with van der Waals surface area (Å²) in [6, 6.07) is 14.9. The van der Waals surface area contributed by atoms with Gasteiger partial charge in [0.1, 0.15) is 11.5 Å². The molecule has 25 heavy (non-hydrogen) atoms. The van der Waals surface area contributed by atoms with Crippen LogP contribution in [0.1, 0.15) is 16.1 Å². The third-order valence-electron chi connectivity index (χ3n) is 3.58. The van der Waals surface area contributed by atoms with Gasteiger partial charge in [0.2, 0.25) is 0 Å². The summed E-state index contributed by atoms with van der Waals surface area (Å²) >= 11 is 6.10. The van der Waals surface area contributed by atoms with Gasteiger partial charge in [-0.1, -0.05) is 29.8 Å². The van der Waals surface area contributed by atoms with E-state index >= 15 is 0 Å². The van der Waals surface area contributed by atoms with Crippen LogP contribution >= 0.6 is 11.6 Å². The first-order chi connectivity index (χ1) is 12.0. The molecule has 0 spiro atoms. The number of para-hydroxylation sites is 1. The van der Waals surface area contributed by atoms with Crippen LogP contribution in [0, 0.1) is 12.7 Å². The van der Waals surface area contributed by atoms with Gasteiger partial charge in [0.15, 0.2) is 0 Å². The van der Waals surface area contributed by atoms with Gasteiger partial charge in [0.25, 0.3) is 5.91 Å².